The van der Waals surface area contributed by atoms with E-state index in [1.165, 1.54) is 22.5 Å². The molecule has 2 aromatic rings. The van der Waals surface area contributed by atoms with Crippen LogP contribution in [-0.4, -0.2) is 6.54 Å². The number of aryl methyl sites for hydroxylation is 1. The van der Waals surface area contributed by atoms with Crippen LogP contribution in [0.5, 0.6) is 0 Å². The first-order chi connectivity index (χ1) is 8.76. The molecule has 0 amide bonds. The zero-order valence-electron chi connectivity index (χ0n) is 10.9. The van der Waals surface area contributed by atoms with Crippen LogP contribution in [0.15, 0.2) is 48.5 Å². The summed E-state index contributed by atoms with van der Waals surface area (Å²) in [6.45, 7) is 5.20. The Labute approximate surface area is 114 Å². The van der Waals surface area contributed by atoms with Crippen LogP contribution in [0.4, 0.5) is 11.4 Å². The van der Waals surface area contributed by atoms with E-state index in [0.29, 0.717) is 5.88 Å². The average Bonchev–Trinajstić information content (AvgIpc) is 2.40. The van der Waals surface area contributed by atoms with Gasteiger partial charge in [-0.3, -0.25) is 0 Å². The van der Waals surface area contributed by atoms with Crippen LogP contribution in [-0.2, 0) is 5.88 Å². The third-order valence-corrected chi connectivity index (χ3v) is 3.34. The summed E-state index contributed by atoms with van der Waals surface area (Å²) in [4.78, 5) is 2.30. The lowest BCUT2D eigenvalue weighted by atomic mass is 10.1. The Kier molecular flexibility index (Phi) is 4.27. The highest BCUT2D eigenvalue weighted by molar-refractivity contribution is 6.17. The minimum absolute atomic E-state index is 0.540. The van der Waals surface area contributed by atoms with Crippen molar-refractivity contribution in [2.75, 3.05) is 11.4 Å². The molecule has 0 N–H and O–H groups in total. The molecule has 0 aliphatic heterocycles. The molecule has 0 unspecified atom stereocenters. The Bertz CT molecular complexity index is 522. The van der Waals surface area contributed by atoms with Crippen LogP contribution >= 0.6 is 11.6 Å². The predicted octanol–water partition coefficient (Wildman–Crippen LogP) is 4.89. The molecule has 2 heteroatoms. The Hall–Kier alpha value is -1.47. The fraction of sp³-hybridized carbons (Fsp3) is 0.250. The zero-order valence-corrected chi connectivity index (χ0v) is 11.6. The van der Waals surface area contributed by atoms with Crippen molar-refractivity contribution >= 4 is 23.0 Å². The largest absolute Gasteiger partial charge is 0.342 e. The second kappa shape index (κ2) is 5.92. The van der Waals surface area contributed by atoms with Crippen LogP contribution in [0.3, 0.4) is 0 Å². The molecule has 2 aromatic carbocycles. The first-order valence-corrected chi connectivity index (χ1v) is 6.77. The molecule has 0 aliphatic carbocycles. The van der Waals surface area contributed by atoms with Crippen molar-refractivity contribution < 1.29 is 0 Å². The van der Waals surface area contributed by atoms with E-state index in [1.807, 2.05) is 6.07 Å². The van der Waals surface area contributed by atoms with Crippen molar-refractivity contribution in [1.29, 1.82) is 0 Å². The summed E-state index contributed by atoms with van der Waals surface area (Å²) < 4.78 is 0. The Morgan fingerprint density at radius 2 is 1.83 bits per heavy atom. The molecule has 0 fully saturated rings. The zero-order chi connectivity index (χ0) is 13.0. The number of para-hydroxylation sites is 1. The quantitative estimate of drug-likeness (QED) is 0.707. The van der Waals surface area contributed by atoms with Gasteiger partial charge in [0.15, 0.2) is 0 Å². The number of hydrogen-bond donors (Lipinski definition) is 0. The van der Waals surface area contributed by atoms with Gasteiger partial charge in [0.05, 0.1) is 0 Å². The molecular formula is C16H18ClN. The minimum atomic E-state index is 0.540. The van der Waals surface area contributed by atoms with Crippen molar-refractivity contribution in [2.45, 2.75) is 19.7 Å². The van der Waals surface area contributed by atoms with Crippen LogP contribution in [0.2, 0.25) is 0 Å². The fourth-order valence-corrected chi connectivity index (χ4v) is 2.40. The highest BCUT2D eigenvalue weighted by atomic mass is 35.5. The highest BCUT2D eigenvalue weighted by Crippen LogP contribution is 2.29. The molecule has 0 saturated heterocycles. The molecular weight excluding hydrogens is 242 g/mol. The Balaban J connectivity index is 2.45. The monoisotopic (exact) mass is 259 g/mol. The highest BCUT2D eigenvalue weighted by Gasteiger charge is 2.10. The summed E-state index contributed by atoms with van der Waals surface area (Å²) in [6, 6.07) is 16.9. The molecule has 0 saturated carbocycles. The first kappa shape index (κ1) is 13.0. The van der Waals surface area contributed by atoms with Gasteiger partial charge >= 0.3 is 0 Å². The smallest absolute Gasteiger partial charge is 0.0494 e. The number of benzene rings is 2. The maximum Gasteiger partial charge on any atom is 0.0494 e. The lowest BCUT2D eigenvalue weighted by molar-refractivity contribution is 1.01. The SMILES string of the molecule is CCN(c1cccc(C)c1)c1ccccc1CCl. The maximum absolute atomic E-state index is 6.03. The van der Waals surface area contributed by atoms with Gasteiger partial charge in [-0.15, -0.1) is 11.6 Å². The molecule has 94 valence electrons. The van der Waals surface area contributed by atoms with E-state index >= 15 is 0 Å². The number of anilines is 2. The normalized spacial score (nSPS) is 10.4. The number of alkyl halides is 1. The van der Waals surface area contributed by atoms with E-state index in [-0.39, 0.29) is 0 Å². The van der Waals surface area contributed by atoms with Gasteiger partial charge < -0.3 is 4.90 Å². The van der Waals surface area contributed by atoms with E-state index in [4.69, 9.17) is 11.6 Å². The van der Waals surface area contributed by atoms with Crippen molar-refractivity contribution in [1.82, 2.24) is 0 Å². The summed E-state index contributed by atoms with van der Waals surface area (Å²) in [6.07, 6.45) is 0. The predicted molar refractivity (Wildman–Crippen MR) is 79.9 cm³/mol. The summed E-state index contributed by atoms with van der Waals surface area (Å²) in [5.41, 5.74) is 4.85. The third-order valence-electron chi connectivity index (χ3n) is 3.06. The van der Waals surface area contributed by atoms with Gasteiger partial charge in [-0.25, -0.2) is 0 Å². The van der Waals surface area contributed by atoms with Gasteiger partial charge in [0, 0.05) is 23.8 Å². The number of halogens is 1. The lowest BCUT2D eigenvalue weighted by Gasteiger charge is -2.25. The van der Waals surface area contributed by atoms with Crippen LogP contribution in [0.25, 0.3) is 0 Å². The van der Waals surface area contributed by atoms with Crippen molar-refractivity contribution in [3.63, 3.8) is 0 Å². The molecule has 0 heterocycles. The minimum Gasteiger partial charge on any atom is -0.342 e. The van der Waals surface area contributed by atoms with Gasteiger partial charge in [0.2, 0.25) is 0 Å². The van der Waals surface area contributed by atoms with Gasteiger partial charge in [-0.1, -0.05) is 30.3 Å². The summed E-state index contributed by atoms with van der Waals surface area (Å²) >= 11 is 6.03. The van der Waals surface area contributed by atoms with E-state index < -0.39 is 0 Å². The van der Waals surface area contributed by atoms with Gasteiger partial charge in [0.1, 0.15) is 0 Å². The number of nitrogens with zero attached hydrogens (tertiary/aromatic N) is 1. The van der Waals surface area contributed by atoms with Gasteiger partial charge in [-0.2, -0.15) is 0 Å². The Morgan fingerprint density at radius 1 is 1.06 bits per heavy atom. The van der Waals surface area contributed by atoms with E-state index in [9.17, 15) is 0 Å². The molecule has 18 heavy (non-hydrogen) atoms. The fourth-order valence-electron chi connectivity index (χ4n) is 2.18. The summed E-state index contributed by atoms with van der Waals surface area (Å²) in [5, 5.41) is 0. The van der Waals surface area contributed by atoms with Crippen LogP contribution in [0, 0.1) is 6.92 Å². The van der Waals surface area contributed by atoms with Crippen molar-refractivity contribution in [3.05, 3.63) is 59.7 Å². The summed E-state index contributed by atoms with van der Waals surface area (Å²) in [5.74, 6) is 0.540. The molecule has 0 atom stereocenters. The van der Waals surface area contributed by atoms with Crippen molar-refractivity contribution in [2.24, 2.45) is 0 Å². The topological polar surface area (TPSA) is 3.24 Å². The standard InChI is InChI=1S/C16H18ClN/c1-3-18(15-9-6-7-13(2)11-15)16-10-5-4-8-14(16)12-17/h4-11H,3,12H2,1-2H3. The molecule has 1 nitrogen and oxygen atoms in total. The van der Waals surface area contributed by atoms with Crippen LogP contribution in [0.1, 0.15) is 18.1 Å². The van der Waals surface area contributed by atoms with Gasteiger partial charge in [0.25, 0.3) is 0 Å². The van der Waals surface area contributed by atoms with Gasteiger partial charge in [-0.05, 0) is 43.2 Å². The number of hydrogen-bond acceptors (Lipinski definition) is 1. The molecule has 0 radical (unpaired) electrons. The molecule has 0 aliphatic rings. The maximum atomic E-state index is 6.03. The lowest BCUT2D eigenvalue weighted by Crippen LogP contribution is -2.17. The Morgan fingerprint density at radius 3 is 2.50 bits per heavy atom. The molecule has 0 aromatic heterocycles. The second-order valence-corrected chi connectivity index (χ2v) is 4.61. The molecule has 2 rings (SSSR count). The van der Waals surface area contributed by atoms with E-state index in [1.54, 1.807) is 0 Å². The van der Waals surface area contributed by atoms with E-state index in [0.717, 1.165) is 6.54 Å². The number of rotatable bonds is 4. The second-order valence-electron chi connectivity index (χ2n) is 4.35. The third kappa shape index (κ3) is 2.68. The van der Waals surface area contributed by atoms with E-state index in [2.05, 4.69) is 61.2 Å². The molecule has 0 spiro atoms. The average molecular weight is 260 g/mol. The van der Waals surface area contributed by atoms with Crippen molar-refractivity contribution in [3.8, 4) is 0 Å². The molecule has 0 bridgehead atoms. The summed E-state index contributed by atoms with van der Waals surface area (Å²) in [7, 11) is 0. The first-order valence-electron chi connectivity index (χ1n) is 6.24. The van der Waals surface area contributed by atoms with Crippen LogP contribution < -0.4 is 4.90 Å².